The Kier molecular flexibility index (Phi) is 7.71. The summed E-state index contributed by atoms with van der Waals surface area (Å²) >= 11 is 0. The van der Waals surface area contributed by atoms with Crippen LogP contribution in [0.4, 0.5) is 19.0 Å². The van der Waals surface area contributed by atoms with E-state index in [0.717, 1.165) is 12.1 Å². The summed E-state index contributed by atoms with van der Waals surface area (Å²) in [6.45, 7) is 11.5. The van der Waals surface area contributed by atoms with Gasteiger partial charge in [-0.25, -0.2) is 27.5 Å². The minimum atomic E-state index is -1.35. The van der Waals surface area contributed by atoms with E-state index in [-0.39, 0.29) is 77.7 Å². The molecule has 4 aromatic rings. The first-order valence-electron chi connectivity index (χ1n) is 14.6. The summed E-state index contributed by atoms with van der Waals surface area (Å²) in [6, 6.07) is 4.14. The molecule has 10 nitrogen and oxygen atoms in total. The summed E-state index contributed by atoms with van der Waals surface area (Å²) in [5, 5.41) is 0.138. The lowest BCUT2D eigenvalue weighted by atomic mass is 10.0. The summed E-state index contributed by atoms with van der Waals surface area (Å²) in [4.78, 5) is 43.6. The topological polar surface area (TPSA) is 103 Å². The summed E-state index contributed by atoms with van der Waals surface area (Å²) in [7, 11) is 0. The number of ether oxygens (including phenoxy) is 2. The van der Waals surface area contributed by atoms with Crippen molar-refractivity contribution in [2.75, 3.05) is 31.2 Å². The molecule has 2 atom stereocenters. The lowest BCUT2D eigenvalue weighted by Gasteiger charge is -2.44. The molecule has 0 radical (unpaired) electrons. The Morgan fingerprint density at radius 3 is 2.47 bits per heavy atom. The van der Waals surface area contributed by atoms with E-state index in [2.05, 4.69) is 21.5 Å². The average Bonchev–Trinajstić information content (AvgIpc) is 3.01. The Bertz CT molecular complexity index is 1910. The van der Waals surface area contributed by atoms with Crippen molar-refractivity contribution in [1.29, 1.82) is 0 Å². The number of benzene rings is 1. The maximum Gasteiger partial charge on any atom is 0.356 e. The second-order valence-electron chi connectivity index (χ2n) is 11.4. The standard InChI is InChI=1S/C32H31F3N6O4/c1-6-24(42)39-14-18(5)40(15-17(39)4)30-19-13-21(34)28-25-22(8-7-20(33)26(25)35)44-11-12-45-23-9-10-36-27(16(2)3)29(23)41(31(19)37-28)32(43)38-30/h6-10,13,16-18H,1,11-12,14-15H2,2-5H3/t17-,18+/m1/s1. The molecular formula is C32H31F3N6O4. The van der Waals surface area contributed by atoms with Gasteiger partial charge in [-0.2, -0.15) is 4.98 Å². The molecule has 45 heavy (non-hydrogen) atoms. The third-order valence-corrected chi connectivity index (χ3v) is 8.10. The number of hydrogen-bond acceptors (Lipinski definition) is 8. The number of hydrogen-bond donors (Lipinski definition) is 0. The van der Waals surface area contributed by atoms with Gasteiger partial charge >= 0.3 is 5.69 Å². The van der Waals surface area contributed by atoms with Crippen LogP contribution in [0.25, 0.3) is 28.0 Å². The van der Waals surface area contributed by atoms with Crippen LogP contribution in [0.5, 0.6) is 11.5 Å². The molecule has 2 aliphatic heterocycles. The maximum absolute atomic E-state index is 16.2. The van der Waals surface area contributed by atoms with E-state index in [9.17, 15) is 14.0 Å². The molecule has 1 aromatic carbocycles. The molecule has 1 amide bonds. The number of aromatic nitrogens is 4. The van der Waals surface area contributed by atoms with Crippen molar-refractivity contribution in [2.45, 2.75) is 45.7 Å². The number of piperazine rings is 1. The van der Waals surface area contributed by atoms with Crippen LogP contribution in [-0.4, -0.2) is 68.7 Å². The molecule has 13 heteroatoms. The number of carbonyl (C=O) groups is 1. The molecule has 234 valence electrons. The molecule has 6 rings (SSSR count). The van der Waals surface area contributed by atoms with Crippen molar-refractivity contribution < 1.29 is 27.4 Å². The number of pyridine rings is 2. The molecule has 0 saturated carbocycles. The Morgan fingerprint density at radius 1 is 1.02 bits per heavy atom. The third-order valence-electron chi connectivity index (χ3n) is 8.10. The number of fused-ring (bicyclic) bond motifs is 5. The maximum atomic E-state index is 16.2. The lowest BCUT2D eigenvalue weighted by molar-refractivity contribution is -0.128. The molecule has 0 N–H and O–H groups in total. The molecule has 2 aliphatic rings. The van der Waals surface area contributed by atoms with Gasteiger partial charge in [0.1, 0.15) is 41.9 Å². The highest BCUT2D eigenvalue weighted by Gasteiger charge is 2.35. The Morgan fingerprint density at radius 2 is 1.76 bits per heavy atom. The predicted octanol–water partition coefficient (Wildman–Crippen LogP) is 4.77. The van der Waals surface area contributed by atoms with Crippen molar-refractivity contribution in [3.8, 4) is 28.4 Å². The van der Waals surface area contributed by atoms with Crippen LogP contribution in [0.1, 0.15) is 39.3 Å². The van der Waals surface area contributed by atoms with Gasteiger partial charge in [0, 0.05) is 37.4 Å². The first kappa shape index (κ1) is 30.1. The van der Waals surface area contributed by atoms with E-state index < -0.39 is 34.4 Å². The van der Waals surface area contributed by atoms with E-state index >= 15 is 8.78 Å². The van der Waals surface area contributed by atoms with Crippen LogP contribution < -0.4 is 20.1 Å². The molecule has 1 saturated heterocycles. The zero-order chi connectivity index (χ0) is 32.2. The van der Waals surface area contributed by atoms with Crippen LogP contribution in [0.3, 0.4) is 0 Å². The molecule has 0 spiro atoms. The van der Waals surface area contributed by atoms with E-state index in [1.807, 2.05) is 32.6 Å². The minimum Gasteiger partial charge on any atom is -0.489 e. The smallest absolute Gasteiger partial charge is 0.356 e. The number of rotatable bonds is 3. The van der Waals surface area contributed by atoms with Gasteiger partial charge in [0.2, 0.25) is 5.91 Å². The third kappa shape index (κ3) is 5.05. The van der Waals surface area contributed by atoms with Crippen molar-refractivity contribution >= 4 is 22.8 Å². The van der Waals surface area contributed by atoms with Gasteiger partial charge < -0.3 is 19.3 Å². The normalized spacial score (nSPS) is 18.0. The van der Waals surface area contributed by atoms with E-state index in [0.29, 0.717) is 12.2 Å². The highest BCUT2D eigenvalue weighted by Crippen LogP contribution is 2.39. The summed E-state index contributed by atoms with van der Waals surface area (Å²) < 4.78 is 59.1. The highest BCUT2D eigenvalue weighted by atomic mass is 19.2. The molecule has 0 aliphatic carbocycles. The fourth-order valence-electron chi connectivity index (χ4n) is 5.94. The largest absolute Gasteiger partial charge is 0.489 e. The minimum absolute atomic E-state index is 0.0383. The van der Waals surface area contributed by atoms with Gasteiger partial charge in [0.05, 0.1) is 16.6 Å². The molecule has 5 heterocycles. The van der Waals surface area contributed by atoms with E-state index in [1.165, 1.54) is 16.7 Å². The van der Waals surface area contributed by atoms with Crippen LogP contribution in [0.15, 0.2) is 47.9 Å². The summed E-state index contributed by atoms with van der Waals surface area (Å²) in [5.74, 6) is -3.71. The number of anilines is 1. The fourth-order valence-corrected chi connectivity index (χ4v) is 5.94. The quantitative estimate of drug-likeness (QED) is 0.302. The van der Waals surface area contributed by atoms with Crippen LogP contribution in [0, 0.1) is 17.5 Å². The number of nitrogens with zero attached hydrogens (tertiary/aromatic N) is 6. The fraction of sp³-hybridized carbons (Fsp3) is 0.344. The monoisotopic (exact) mass is 620 g/mol. The number of carbonyl (C=O) groups excluding carboxylic acids is 1. The molecule has 0 unspecified atom stereocenters. The zero-order valence-electron chi connectivity index (χ0n) is 25.2. The van der Waals surface area contributed by atoms with Crippen molar-refractivity contribution in [2.24, 2.45) is 0 Å². The average molecular weight is 621 g/mol. The van der Waals surface area contributed by atoms with Crippen molar-refractivity contribution in [3.63, 3.8) is 0 Å². The molecule has 2 bridgehead atoms. The zero-order valence-corrected chi connectivity index (χ0v) is 25.2. The second-order valence-corrected chi connectivity index (χ2v) is 11.4. The first-order chi connectivity index (χ1) is 21.5. The predicted molar refractivity (Wildman–Crippen MR) is 161 cm³/mol. The molecular weight excluding hydrogens is 589 g/mol. The van der Waals surface area contributed by atoms with Crippen LogP contribution in [-0.2, 0) is 4.79 Å². The number of halogens is 3. The van der Waals surface area contributed by atoms with Gasteiger partial charge in [0.15, 0.2) is 23.1 Å². The Balaban J connectivity index is 1.70. The van der Waals surface area contributed by atoms with Gasteiger partial charge in [0.25, 0.3) is 0 Å². The summed E-state index contributed by atoms with van der Waals surface area (Å²) in [5.41, 5.74) is -1.18. The highest BCUT2D eigenvalue weighted by molar-refractivity contribution is 5.92. The van der Waals surface area contributed by atoms with Gasteiger partial charge in [-0.3, -0.25) is 9.78 Å². The second kappa shape index (κ2) is 11.5. The SMILES string of the molecule is C=CC(=O)N1C[C@H](C)N(c2nc(=O)n3c4nc(c(F)cc24)-c2c(ccc(F)c2F)OCCOc2ccnc(C(C)C)c2-3)C[C@H]1C. The molecule has 3 aromatic heterocycles. The van der Waals surface area contributed by atoms with Crippen LogP contribution in [0.2, 0.25) is 0 Å². The summed E-state index contributed by atoms with van der Waals surface area (Å²) in [6.07, 6.45) is 2.79. The molecule has 1 fully saturated rings. The van der Waals surface area contributed by atoms with Crippen molar-refractivity contribution in [3.05, 3.63) is 76.7 Å². The van der Waals surface area contributed by atoms with Gasteiger partial charge in [-0.1, -0.05) is 20.4 Å². The Labute approximate surface area is 256 Å². The van der Waals surface area contributed by atoms with Crippen molar-refractivity contribution in [1.82, 2.24) is 24.4 Å². The van der Waals surface area contributed by atoms with Gasteiger partial charge in [-0.15, -0.1) is 0 Å². The lowest BCUT2D eigenvalue weighted by Crippen LogP contribution is -2.58. The number of amides is 1. The van der Waals surface area contributed by atoms with Crippen LogP contribution >= 0.6 is 0 Å². The Hall–Kier alpha value is -4.94. The first-order valence-corrected chi connectivity index (χ1v) is 14.6. The van der Waals surface area contributed by atoms with E-state index in [4.69, 9.17) is 9.47 Å². The van der Waals surface area contributed by atoms with E-state index in [1.54, 1.807) is 17.2 Å². The van der Waals surface area contributed by atoms with Gasteiger partial charge in [-0.05, 0) is 44.0 Å².